The van der Waals surface area contributed by atoms with Crippen molar-refractivity contribution in [1.82, 2.24) is 30.1 Å². The number of aromatic amines is 1. The largest absolute Gasteiger partial charge is 0.393 e. The molecule has 4 aromatic rings. The number of rotatable bonds is 3. The van der Waals surface area contributed by atoms with E-state index in [1.165, 1.54) is 0 Å². The minimum Gasteiger partial charge on any atom is -0.393 e. The van der Waals surface area contributed by atoms with Crippen molar-refractivity contribution in [3.8, 4) is 23.4 Å². The second-order valence-electron chi connectivity index (χ2n) is 7.36. The third-order valence-corrected chi connectivity index (χ3v) is 5.13. The van der Waals surface area contributed by atoms with Gasteiger partial charge < -0.3 is 10.4 Å². The van der Waals surface area contributed by atoms with Crippen LogP contribution in [0, 0.1) is 17.8 Å². The van der Waals surface area contributed by atoms with Crippen molar-refractivity contribution in [2.24, 2.45) is 0 Å². The smallest absolute Gasteiger partial charge is 0.240 e. The van der Waals surface area contributed by atoms with Crippen molar-refractivity contribution < 1.29 is 9.50 Å². The summed E-state index contributed by atoms with van der Waals surface area (Å²) in [5, 5.41) is 19.5. The molecule has 0 spiro atoms. The highest BCUT2D eigenvalue weighted by Crippen LogP contribution is 2.22. The van der Waals surface area contributed by atoms with Crippen molar-refractivity contribution >= 4 is 16.9 Å². The number of hydrogen-bond acceptors (Lipinski definition) is 7. The van der Waals surface area contributed by atoms with Crippen LogP contribution in [0.2, 0.25) is 0 Å². The Morgan fingerprint density at radius 3 is 2.84 bits per heavy atom. The molecule has 3 aromatic heterocycles. The summed E-state index contributed by atoms with van der Waals surface area (Å²) >= 11 is 0. The zero-order chi connectivity index (χ0) is 21.2. The van der Waals surface area contributed by atoms with Crippen molar-refractivity contribution in [3.05, 3.63) is 59.9 Å². The molecule has 0 aliphatic heterocycles. The second-order valence-corrected chi connectivity index (χ2v) is 7.36. The molecule has 0 saturated heterocycles. The Balaban J connectivity index is 1.37. The second kappa shape index (κ2) is 8.08. The molecule has 1 aliphatic carbocycles. The van der Waals surface area contributed by atoms with Gasteiger partial charge in [-0.05, 0) is 55.5 Å². The molecule has 1 fully saturated rings. The SMILES string of the molecule is O[C@H]1CC[C@@H](Nc2nccc(-c3nccc(C#Cc4ccc5[nH]nc(F)c5c4)n3)n2)C1. The van der Waals surface area contributed by atoms with Crippen LogP contribution in [0.1, 0.15) is 30.5 Å². The first-order chi connectivity index (χ1) is 15.1. The lowest BCUT2D eigenvalue weighted by Crippen LogP contribution is -2.18. The van der Waals surface area contributed by atoms with E-state index in [-0.39, 0.29) is 12.1 Å². The van der Waals surface area contributed by atoms with Crippen molar-refractivity contribution in [1.29, 1.82) is 0 Å². The van der Waals surface area contributed by atoms with Gasteiger partial charge in [-0.3, -0.25) is 5.10 Å². The minimum atomic E-state index is -0.553. The van der Waals surface area contributed by atoms with E-state index < -0.39 is 5.95 Å². The average molecular weight is 415 g/mol. The van der Waals surface area contributed by atoms with Gasteiger partial charge in [-0.2, -0.15) is 4.39 Å². The number of aliphatic hydroxyl groups is 1. The fourth-order valence-corrected chi connectivity index (χ4v) is 3.57. The Labute approximate surface area is 177 Å². The van der Waals surface area contributed by atoms with Gasteiger partial charge in [0.1, 0.15) is 11.4 Å². The lowest BCUT2D eigenvalue weighted by atomic mass is 10.1. The van der Waals surface area contributed by atoms with Crippen molar-refractivity contribution in [2.75, 3.05) is 5.32 Å². The minimum absolute atomic E-state index is 0.153. The molecule has 1 aliphatic rings. The van der Waals surface area contributed by atoms with Crippen LogP contribution in [-0.2, 0) is 0 Å². The lowest BCUT2D eigenvalue weighted by Gasteiger charge is -2.12. The fraction of sp³-hybridized carbons (Fsp3) is 0.227. The van der Waals surface area contributed by atoms with Gasteiger partial charge in [-0.25, -0.2) is 19.9 Å². The maximum Gasteiger partial charge on any atom is 0.240 e. The number of nitrogens with one attached hydrogen (secondary N) is 2. The van der Waals surface area contributed by atoms with E-state index in [1.54, 1.807) is 42.7 Å². The number of aliphatic hydroxyl groups excluding tert-OH is 1. The summed E-state index contributed by atoms with van der Waals surface area (Å²) in [6.45, 7) is 0. The number of halogens is 1. The van der Waals surface area contributed by atoms with Gasteiger partial charge >= 0.3 is 0 Å². The molecule has 0 unspecified atom stereocenters. The molecule has 0 amide bonds. The molecule has 31 heavy (non-hydrogen) atoms. The van der Waals surface area contributed by atoms with E-state index in [9.17, 15) is 9.50 Å². The van der Waals surface area contributed by atoms with E-state index in [4.69, 9.17) is 0 Å². The molecule has 0 bridgehead atoms. The zero-order valence-corrected chi connectivity index (χ0v) is 16.4. The van der Waals surface area contributed by atoms with Gasteiger partial charge in [0, 0.05) is 24.0 Å². The zero-order valence-electron chi connectivity index (χ0n) is 16.4. The fourth-order valence-electron chi connectivity index (χ4n) is 3.57. The predicted octanol–water partition coefficient (Wildman–Crippen LogP) is 2.67. The van der Waals surface area contributed by atoms with Gasteiger partial charge in [0.05, 0.1) is 17.0 Å². The van der Waals surface area contributed by atoms with Crippen LogP contribution in [-0.4, -0.2) is 47.4 Å². The number of hydrogen-bond donors (Lipinski definition) is 3. The van der Waals surface area contributed by atoms with Crippen molar-refractivity contribution in [2.45, 2.75) is 31.4 Å². The van der Waals surface area contributed by atoms with Gasteiger partial charge in [-0.15, -0.1) is 5.10 Å². The Kier molecular flexibility index (Phi) is 4.98. The first-order valence-electron chi connectivity index (χ1n) is 9.91. The van der Waals surface area contributed by atoms with E-state index in [0.717, 1.165) is 12.8 Å². The number of fused-ring (bicyclic) bond motifs is 1. The first kappa shape index (κ1) is 19.1. The summed E-state index contributed by atoms with van der Waals surface area (Å²) in [5.41, 5.74) is 2.36. The molecule has 3 heterocycles. The van der Waals surface area contributed by atoms with E-state index >= 15 is 0 Å². The van der Waals surface area contributed by atoms with Crippen LogP contribution in [0.15, 0.2) is 42.7 Å². The standard InChI is InChI=1S/C22H18FN7O/c23-20-17-11-13(2-6-18(17)29-30-20)1-3-14-7-9-24-21(26-14)19-8-10-25-22(28-19)27-15-4-5-16(31)12-15/h2,6-11,15-16,31H,4-5,12H2,(H,29,30)(H,25,27,28)/t15-,16+/m1/s1. The van der Waals surface area contributed by atoms with Crippen LogP contribution in [0.25, 0.3) is 22.4 Å². The third kappa shape index (κ3) is 4.20. The maximum absolute atomic E-state index is 13.7. The van der Waals surface area contributed by atoms with Crippen LogP contribution in [0.3, 0.4) is 0 Å². The summed E-state index contributed by atoms with van der Waals surface area (Å²) in [4.78, 5) is 17.5. The van der Waals surface area contributed by atoms with Crippen LogP contribution in [0.4, 0.5) is 10.3 Å². The molecular formula is C22H18FN7O. The summed E-state index contributed by atoms with van der Waals surface area (Å²) in [7, 11) is 0. The topological polar surface area (TPSA) is 112 Å². The summed E-state index contributed by atoms with van der Waals surface area (Å²) < 4.78 is 13.7. The van der Waals surface area contributed by atoms with E-state index in [1.807, 2.05) is 0 Å². The maximum atomic E-state index is 13.7. The molecule has 1 saturated carbocycles. The first-order valence-corrected chi connectivity index (χ1v) is 9.91. The Bertz CT molecular complexity index is 1310. The molecule has 1 aromatic carbocycles. The third-order valence-electron chi connectivity index (χ3n) is 5.13. The van der Waals surface area contributed by atoms with Crippen LogP contribution in [0.5, 0.6) is 0 Å². The molecule has 3 N–H and O–H groups in total. The van der Waals surface area contributed by atoms with Gasteiger partial charge in [-0.1, -0.05) is 5.92 Å². The monoisotopic (exact) mass is 415 g/mol. The quantitative estimate of drug-likeness (QED) is 0.441. The highest BCUT2D eigenvalue weighted by atomic mass is 19.1. The molecule has 8 nitrogen and oxygen atoms in total. The molecule has 0 radical (unpaired) electrons. The van der Waals surface area contributed by atoms with Gasteiger partial charge in [0.2, 0.25) is 11.9 Å². The highest BCUT2D eigenvalue weighted by Gasteiger charge is 2.23. The number of anilines is 1. The molecule has 9 heteroatoms. The summed E-state index contributed by atoms with van der Waals surface area (Å²) in [6, 6.07) is 8.76. The van der Waals surface area contributed by atoms with E-state index in [0.29, 0.717) is 46.0 Å². The summed E-state index contributed by atoms with van der Waals surface area (Å²) in [5.74, 6) is 6.34. The number of benzene rings is 1. The Morgan fingerprint density at radius 2 is 1.97 bits per heavy atom. The average Bonchev–Trinajstić information content (AvgIpc) is 3.37. The Morgan fingerprint density at radius 1 is 1.06 bits per heavy atom. The number of nitrogens with zero attached hydrogens (tertiary/aromatic N) is 5. The number of H-pyrrole nitrogens is 1. The molecule has 154 valence electrons. The van der Waals surface area contributed by atoms with Gasteiger partial charge in [0.25, 0.3) is 0 Å². The van der Waals surface area contributed by atoms with Crippen LogP contribution >= 0.6 is 0 Å². The van der Waals surface area contributed by atoms with Crippen LogP contribution < -0.4 is 5.32 Å². The van der Waals surface area contributed by atoms with E-state index in [2.05, 4.69) is 47.3 Å². The molecular weight excluding hydrogens is 397 g/mol. The van der Waals surface area contributed by atoms with Crippen molar-refractivity contribution in [3.63, 3.8) is 0 Å². The highest BCUT2D eigenvalue weighted by molar-refractivity contribution is 5.80. The van der Waals surface area contributed by atoms with Gasteiger partial charge in [0.15, 0.2) is 5.82 Å². The molecule has 2 atom stereocenters. The molecule has 5 rings (SSSR count). The Hall–Kier alpha value is -3.90. The summed E-state index contributed by atoms with van der Waals surface area (Å²) in [6.07, 6.45) is 5.33. The number of aromatic nitrogens is 6. The lowest BCUT2D eigenvalue weighted by molar-refractivity contribution is 0.182. The predicted molar refractivity (Wildman–Crippen MR) is 112 cm³/mol. The normalized spacial score (nSPS) is 18.0.